The molecule has 144 valence electrons. The van der Waals surface area contributed by atoms with Gasteiger partial charge in [0.1, 0.15) is 5.75 Å². The predicted molar refractivity (Wildman–Crippen MR) is 98.0 cm³/mol. The van der Waals surface area contributed by atoms with Gasteiger partial charge in [-0.25, -0.2) is 0 Å². The van der Waals surface area contributed by atoms with Gasteiger partial charge in [-0.3, -0.25) is 9.59 Å². The van der Waals surface area contributed by atoms with Gasteiger partial charge in [0.25, 0.3) is 5.91 Å². The van der Waals surface area contributed by atoms with Crippen LogP contribution in [0, 0.1) is 0 Å². The van der Waals surface area contributed by atoms with E-state index in [2.05, 4.69) is 10.6 Å². The standard InChI is InChI=1S/C19H22N2O6/c22-15-11-13(12-16(23)18(15)25)19(26)21-9-8-20-17(24)7-4-10-27-14-5-2-1-3-6-14/h1-3,5-6,11-12,22-23,25H,4,7-10H2,(H,20,24)(H,21,26). The second-order valence-corrected chi connectivity index (χ2v) is 5.73. The van der Waals surface area contributed by atoms with Crippen molar-refractivity contribution in [2.45, 2.75) is 12.8 Å². The summed E-state index contributed by atoms with van der Waals surface area (Å²) in [6, 6.07) is 11.4. The number of benzene rings is 2. The summed E-state index contributed by atoms with van der Waals surface area (Å²) in [6.45, 7) is 0.843. The van der Waals surface area contributed by atoms with E-state index in [-0.39, 0.29) is 24.6 Å². The minimum Gasteiger partial charge on any atom is -0.504 e. The highest BCUT2D eigenvalue weighted by molar-refractivity contribution is 5.95. The van der Waals surface area contributed by atoms with Crippen LogP contribution in [0.5, 0.6) is 23.0 Å². The summed E-state index contributed by atoms with van der Waals surface area (Å²) in [5.41, 5.74) is -0.00723. The summed E-state index contributed by atoms with van der Waals surface area (Å²) in [5, 5.41) is 33.2. The Balaban J connectivity index is 1.60. The number of ether oxygens (including phenoxy) is 1. The Morgan fingerprint density at radius 2 is 1.56 bits per heavy atom. The molecule has 0 atom stereocenters. The number of hydrogen-bond donors (Lipinski definition) is 5. The topological polar surface area (TPSA) is 128 Å². The Labute approximate surface area is 156 Å². The minimum absolute atomic E-state index is 0.00723. The minimum atomic E-state index is -0.685. The molecule has 0 fully saturated rings. The van der Waals surface area contributed by atoms with Crippen LogP contribution in [0.25, 0.3) is 0 Å². The van der Waals surface area contributed by atoms with Crippen molar-refractivity contribution in [2.75, 3.05) is 19.7 Å². The van der Waals surface area contributed by atoms with Gasteiger partial charge < -0.3 is 30.7 Å². The fourth-order valence-electron chi connectivity index (χ4n) is 2.24. The first-order valence-corrected chi connectivity index (χ1v) is 8.45. The van der Waals surface area contributed by atoms with E-state index in [1.165, 1.54) is 0 Å². The van der Waals surface area contributed by atoms with Crippen molar-refractivity contribution >= 4 is 11.8 Å². The first-order chi connectivity index (χ1) is 13.0. The number of carbonyl (C=O) groups is 2. The molecule has 2 amide bonds. The highest BCUT2D eigenvalue weighted by Gasteiger charge is 2.13. The van der Waals surface area contributed by atoms with Crippen LogP contribution in [0.3, 0.4) is 0 Å². The number of para-hydroxylation sites is 1. The lowest BCUT2D eigenvalue weighted by Crippen LogP contribution is -2.34. The normalized spacial score (nSPS) is 10.2. The van der Waals surface area contributed by atoms with E-state index in [9.17, 15) is 24.9 Å². The molecular formula is C19H22N2O6. The lowest BCUT2D eigenvalue weighted by molar-refractivity contribution is -0.121. The Bertz CT molecular complexity index is 756. The molecule has 2 aromatic carbocycles. The number of amides is 2. The Morgan fingerprint density at radius 3 is 2.22 bits per heavy atom. The number of rotatable bonds is 9. The number of aromatic hydroxyl groups is 3. The molecule has 0 bridgehead atoms. The molecule has 0 aromatic heterocycles. The molecule has 0 aliphatic carbocycles. The van der Waals surface area contributed by atoms with E-state index < -0.39 is 23.2 Å². The SMILES string of the molecule is O=C(CCCOc1ccccc1)NCCNC(=O)c1cc(O)c(O)c(O)c1. The van der Waals surface area contributed by atoms with E-state index in [0.29, 0.717) is 19.4 Å². The van der Waals surface area contributed by atoms with Gasteiger partial charge in [-0.1, -0.05) is 18.2 Å². The third kappa shape index (κ3) is 6.43. The molecular weight excluding hydrogens is 352 g/mol. The number of hydrogen-bond acceptors (Lipinski definition) is 6. The van der Waals surface area contributed by atoms with Gasteiger partial charge in [0.05, 0.1) is 6.61 Å². The van der Waals surface area contributed by atoms with E-state index in [0.717, 1.165) is 17.9 Å². The fraction of sp³-hybridized carbons (Fsp3) is 0.263. The molecule has 0 saturated heterocycles. The van der Waals surface area contributed by atoms with Crippen LogP contribution < -0.4 is 15.4 Å². The smallest absolute Gasteiger partial charge is 0.251 e. The van der Waals surface area contributed by atoms with Crippen LogP contribution in [0.15, 0.2) is 42.5 Å². The van der Waals surface area contributed by atoms with Gasteiger partial charge in [-0.15, -0.1) is 0 Å². The maximum absolute atomic E-state index is 11.9. The molecule has 8 nitrogen and oxygen atoms in total. The highest BCUT2D eigenvalue weighted by Crippen LogP contribution is 2.35. The van der Waals surface area contributed by atoms with Crippen molar-refractivity contribution in [3.63, 3.8) is 0 Å². The fourth-order valence-corrected chi connectivity index (χ4v) is 2.24. The van der Waals surface area contributed by atoms with E-state index in [4.69, 9.17) is 4.74 Å². The van der Waals surface area contributed by atoms with Crippen LogP contribution >= 0.6 is 0 Å². The molecule has 2 aromatic rings. The predicted octanol–water partition coefficient (Wildman–Crippen LogP) is 1.51. The van der Waals surface area contributed by atoms with Gasteiger partial charge in [0, 0.05) is 25.1 Å². The first-order valence-electron chi connectivity index (χ1n) is 8.45. The summed E-state index contributed by atoms with van der Waals surface area (Å²) >= 11 is 0. The maximum atomic E-state index is 11.9. The second kappa shape index (κ2) is 9.91. The zero-order valence-corrected chi connectivity index (χ0v) is 14.6. The lowest BCUT2D eigenvalue weighted by atomic mass is 10.1. The highest BCUT2D eigenvalue weighted by atomic mass is 16.5. The number of nitrogens with one attached hydrogen (secondary N) is 2. The monoisotopic (exact) mass is 374 g/mol. The van der Waals surface area contributed by atoms with Crippen LogP contribution in [-0.2, 0) is 4.79 Å². The summed E-state index contributed by atoms with van der Waals surface area (Å²) < 4.78 is 5.49. The van der Waals surface area contributed by atoms with Crippen LogP contribution in [0.4, 0.5) is 0 Å². The van der Waals surface area contributed by atoms with E-state index >= 15 is 0 Å². The van der Waals surface area contributed by atoms with Crippen molar-refractivity contribution in [1.29, 1.82) is 0 Å². The van der Waals surface area contributed by atoms with Crippen molar-refractivity contribution < 1.29 is 29.6 Å². The molecule has 0 heterocycles. The number of carbonyl (C=O) groups excluding carboxylic acids is 2. The van der Waals surface area contributed by atoms with Crippen LogP contribution in [0.1, 0.15) is 23.2 Å². The van der Waals surface area contributed by atoms with Gasteiger partial charge >= 0.3 is 0 Å². The van der Waals surface area contributed by atoms with Crippen molar-refractivity contribution in [3.05, 3.63) is 48.0 Å². The first kappa shape index (κ1) is 19.9. The molecule has 0 aliphatic heterocycles. The molecule has 0 aliphatic rings. The molecule has 0 spiro atoms. The Morgan fingerprint density at radius 1 is 0.926 bits per heavy atom. The molecule has 8 heteroatoms. The van der Waals surface area contributed by atoms with Crippen LogP contribution in [0.2, 0.25) is 0 Å². The Kier molecular flexibility index (Phi) is 7.30. The summed E-state index contributed by atoms with van der Waals surface area (Å²) in [7, 11) is 0. The third-order valence-electron chi connectivity index (χ3n) is 3.62. The van der Waals surface area contributed by atoms with Crippen molar-refractivity contribution in [2.24, 2.45) is 0 Å². The molecule has 0 saturated carbocycles. The molecule has 0 unspecified atom stereocenters. The van der Waals surface area contributed by atoms with Crippen molar-refractivity contribution in [3.8, 4) is 23.0 Å². The quantitative estimate of drug-likeness (QED) is 0.334. The van der Waals surface area contributed by atoms with Crippen LogP contribution in [-0.4, -0.2) is 46.8 Å². The Hall–Kier alpha value is -3.42. The molecule has 2 rings (SSSR count). The number of phenolic OH excluding ortho intramolecular Hbond substituents is 3. The van der Waals surface area contributed by atoms with Gasteiger partial charge in [0.15, 0.2) is 17.2 Å². The average molecular weight is 374 g/mol. The second-order valence-electron chi connectivity index (χ2n) is 5.73. The average Bonchev–Trinajstić information content (AvgIpc) is 2.67. The van der Waals surface area contributed by atoms with E-state index in [1.54, 1.807) is 0 Å². The number of phenols is 3. The van der Waals surface area contributed by atoms with Crippen molar-refractivity contribution in [1.82, 2.24) is 10.6 Å². The summed E-state index contributed by atoms with van der Waals surface area (Å²) in [5.74, 6) is -1.81. The summed E-state index contributed by atoms with van der Waals surface area (Å²) in [6.07, 6.45) is 0.875. The third-order valence-corrected chi connectivity index (χ3v) is 3.62. The van der Waals surface area contributed by atoms with Gasteiger partial charge in [-0.05, 0) is 30.7 Å². The zero-order chi connectivity index (χ0) is 19.6. The summed E-state index contributed by atoms with van der Waals surface area (Å²) in [4.78, 5) is 23.6. The maximum Gasteiger partial charge on any atom is 0.251 e. The molecule has 0 radical (unpaired) electrons. The zero-order valence-electron chi connectivity index (χ0n) is 14.6. The molecule has 5 N–H and O–H groups in total. The van der Waals surface area contributed by atoms with E-state index in [1.807, 2.05) is 30.3 Å². The van der Waals surface area contributed by atoms with Gasteiger partial charge in [0.2, 0.25) is 5.91 Å². The largest absolute Gasteiger partial charge is 0.504 e. The molecule has 27 heavy (non-hydrogen) atoms. The van der Waals surface area contributed by atoms with Gasteiger partial charge in [-0.2, -0.15) is 0 Å². The lowest BCUT2D eigenvalue weighted by Gasteiger charge is -2.09.